The highest BCUT2D eigenvalue weighted by molar-refractivity contribution is 6.35. The van der Waals surface area contributed by atoms with Crippen LogP contribution in [0, 0.1) is 6.92 Å². The van der Waals surface area contributed by atoms with Crippen LogP contribution >= 0.6 is 0 Å². The molecule has 29 heavy (non-hydrogen) atoms. The maximum absolute atomic E-state index is 12.0. The maximum atomic E-state index is 12.0. The van der Waals surface area contributed by atoms with E-state index in [1.54, 1.807) is 0 Å². The minimum absolute atomic E-state index is 0.348. The lowest BCUT2D eigenvalue weighted by Gasteiger charge is -2.34. The van der Waals surface area contributed by atoms with Crippen molar-refractivity contribution >= 4 is 17.5 Å². The van der Waals surface area contributed by atoms with E-state index < -0.39 is 11.8 Å². The molecular weight excluding hydrogens is 364 g/mol. The van der Waals surface area contributed by atoms with Crippen molar-refractivity contribution in [3.8, 4) is 0 Å². The van der Waals surface area contributed by atoms with Crippen molar-refractivity contribution in [3.63, 3.8) is 0 Å². The van der Waals surface area contributed by atoms with Gasteiger partial charge in [-0.2, -0.15) is 0 Å². The van der Waals surface area contributed by atoms with E-state index >= 15 is 0 Å². The number of likely N-dealkylation sites (N-methyl/N-ethyl adjacent to an activating group) is 1. The Kier molecular flexibility index (Phi) is 7.25. The highest BCUT2D eigenvalue weighted by Gasteiger charge is 2.14. The molecule has 2 amide bonds. The molecule has 1 aliphatic rings. The Labute approximate surface area is 172 Å². The zero-order chi connectivity index (χ0) is 20.6. The van der Waals surface area contributed by atoms with E-state index in [-0.39, 0.29) is 0 Å². The molecule has 0 aromatic heterocycles. The molecule has 1 fully saturated rings. The largest absolute Gasteiger partial charge is 0.369 e. The van der Waals surface area contributed by atoms with Gasteiger partial charge in [-0.1, -0.05) is 42.0 Å². The molecule has 0 unspecified atom stereocenters. The van der Waals surface area contributed by atoms with Crippen molar-refractivity contribution < 1.29 is 9.59 Å². The molecule has 0 aliphatic carbocycles. The molecule has 1 saturated heterocycles. The standard InChI is InChI=1S/C23H30N4O2/c1-18-3-5-20(6-4-18)17-25-23(29)22(28)24-12-11-19-7-9-21(10-8-19)27-15-13-26(2)14-16-27/h3-10H,11-17H2,1-2H3,(H,24,28)(H,25,29). The van der Waals surface area contributed by atoms with Crippen molar-refractivity contribution in [2.24, 2.45) is 0 Å². The smallest absolute Gasteiger partial charge is 0.309 e. The number of anilines is 1. The number of aryl methyl sites for hydroxylation is 1. The molecule has 2 aromatic carbocycles. The highest BCUT2D eigenvalue weighted by Crippen LogP contribution is 2.17. The van der Waals surface area contributed by atoms with Crippen LogP contribution < -0.4 is 15.5 Å². The fraction of sp³-hybridized carbons (Fsp3) is 0.391. The molecule has 1 heterocycles. The Morgan fingerprint density at radius 3 is 2.07 bits per heavy atom. The molecular formula is C23H30N4O2. The average molecular weight is 395 g/mol. The van der Waals surface area contributed by atoms with E-state index in [0.717, 1.165) is 42.9 Å². The van der Waals surface area contributed by atoms with Crippen LogP contribution in [-0.4, -0.2) is 56.5 Å². The van der Waals surface area contributed by atoms with E-state index in [1.165, 1.54) is 5.69 Å². The van der Waals surface area contributed by atoms with Crippen molar-refractivity contribution in [2.75, 3.05) is 44.7 Å². The summed E-state index contributed by atoms with van der Waals surface area (Å²) in [6.07, 6.45) is 0.694. The van der Waals surface area contributed by atoms with Gasteiger partial charge in [0.15, 0.2) is 0 Å². The molecule has 2 N–H and O–H groups in total. The lowest BCUT2D eigenvalue weighted by atomic mass is 10.1. The van der Waals surface area contributed by atoms with E-state index in [4.69, 9.17) is 0 Å². The molecule has 3 rings (SSSR count). The monoisotopic (exact) mass is 394 g/mol. The maximum Gasteiger partial charge on any atom is 0.309 e. The van der Waals surface area contributed by atoms with Gasteiger partial charge in [0, 0.05) is 45.0 Å². The van der Waals surface area contributed by atoms with Gasteiger partial charge in [-0.15, -0.1) is 0 Å². The van der Waals surface area contributed by atoms with Crippen LogP contribution in [0.25, 0.3) is 0 Å². The topological polar surface area (TPSA) is 64.7 Å². The van der Waals surface area contributed by atoms with E-state index in [1.807, 2.05) is 31.2 Å². The lowest BCUT2D eigenvalue weighted by Crippen LogP contribution is -2.44. The summed E-state index contributed by atoms with van der Waals surface area (Å²) in [5, 5.41) is 5.35. The molecule has 2 aromatic rings. The van der Waals surface area contributed by atoms with Crippen molar-refractivity contribution in [1.29, 1.82) is 0 Å². The van der Waals surface area contributed by atoms with Gasteiger partial charge in [0.2, 0.25) is 0 Å². The molecule has 1 aliphatic heterocycles. The number of nitrogens with zero attached hydrogens (tertiary/aromatic N) is 2. The fourth-order valence-corrected chi connectivity index (χ4v) is 3.31. The second-order valence-corrected chi connectivity index (χ2v) is 7.63. The molecule has 6 nitrogen and oxygen atoms in total. The van der Waals surface area contributed by atoms with E-state index in [0.29, 0.717) is 19.5 Å². The SMILES string of the molecule is Cc1ccc(CNC(=O)C(=O)NCCc2ccc(N3CCN(C)CC3)cc2)cc1. The van der Waals surface area contributed by atoms with Gasteiger partial charge in [0.1, 0.15) is 0 Å². The minimum Gasteiger partial charge on any atom is -0.369 e. The molecule has 0 radical (unpaired) electrons. The zero-order valence-electron chi connectivity index (χ0n) is 17.3. The number of hydrogen-bond acceptors (Lipinski definition) is 4. The fourth-order valence-electron chi connectivity index (χ4n) is 3.31. The number of hydrogen-bond donors (Lipinski definition) is 2. The Balaban J connectivity index is 1.38. The van der Waals surface area contributed by atoms with Crippen LogP contribution in [0.15, 0.2) is 48.5 Å². The Hall–Kier alpha value is -2.86. The van der Waals surface area contributed by atoms with E-state index in [9.17, 15) is 9.59 Å². The molecule has 0 atom stereocenters. The number of amides is 2. The van der Waals surface area contributed by atoms with Crippen molar-refractivity contribution in [1.82, 2.24) is 15.5 Å². The zero-order valence-corrected chi connectivity index (χ0v) is 17.3. The first-order valence-electron chi connectivity index (χ1n) is 10.2. The summed E-state index contributed by atoms with van der Waals surface area (Å²) in [5.74, 6) is -1.19. The summed E-state index contributed by atoms with van der Waals surface area (Å²) in [4.78, 5) is 28.6. The number of benzene rings is 2. The predicted octanol–water partition coefficient (Wildman–Crippen LogP) is 1.72. The molecule has 6 heteroatoms. The molecule has 154 valence electrons. The van der Waals surface area contributed by atoms with E-state index in [2.05, 4.69) is 51.7 Å². The summed E-state index contributed by atoms with van der Waals surface area (Å²) >= 11 is 0. The van der Waals surface area contributed by atoms with Crippen LogP contribution in [0.3, 0.4) is 0 Å². The Bertz CT molecular complexity index is 810. The van der Waals surface area contributed by atoms with Gasteiger partial charge in [0.25, 0.3) is 0 Å². The summed E-state index contributed by atoms with van der Waals surface area (Å²) < 4.78 is 0. The van der Waals surface area contributed by atoms with Crippen LogP contribution in [0.4, 0.5) is 5.69 Å². The number of rotatable bonds is 6. The Morgan fingerprint density at radius 2 is 1.41 bits per heavy atom. The van der Waals surface area contributed by atoms with Gasteiger partial charge in [0.05, 0.1) is 0 Å². The molecule has 0 spiro atoms. The number of piperazine rings is 1. The van der Waals surface area contributed by atoms with Crippen LogP contribution in [0.5, 0.6) is 0 Å². The Morgan fingerprint density at radius 1 is 0.828 bits per heavy atom. The van der Waals surface area contributed by atoms with Crippen LogP contribution in [-0.2, 0) is 22.6 Å². The van der Waals surface area contributed by atoms with Gasteiger partial charge in [-0.3, -0.25) is 9.59 Å². The van der Waals surface area contributed by atoms with Crippen LogP contribution in [0.1, 0.15) is 16.7 Å². The third kappa shape index (κ3) is 6.32. The first-order valence-corrected chi connectivity index (χ1v) is 10.2. The quantitative estimate of drug-likeness (QED) is 0.733. The third-order valence-electron chi connectivity index (χ3n) is 5.28. The number of carbonyl (C=O) groups excluding carboxylic acids is 2. The van der Waals surface area contributed by atoms with Crippen molar-refractivity contribution in [2.45, 2.75) is 19.9 Å². The van der Waals surface area contributed by atoms with Gasteiger partial charge >= 0.3 is 11.8 Å². The lowest BCUT2D eigenvalue weighted by molar-refractivity contribution is -0.139. The first kappa shape index (κ1) is 20.9. The second kappa shape index (κ2) is 10.1. The second-order valence-electron chi connectivity index (χ2n) is 7.63. The highest BCUT2D eigenvalue weighted by atomic mass is 16.2. The van der Waals surface area contributed by atoms with Crippen molar-refractivity contribution in [3.05, 3.63) is 65.2 Å². The average Bonchev–Trinajstić information content (AvgIpc) is 2.74. The van der Waals surface area contributed by atoms with Gasteiger partial charge in [-0.05, 0) is 43.7 Å². The summed E-state index contributed by atoms with van der Waals surface area (Å²) in [5.41, 5.74) is 4.51. The summed E-state index contributed by atoms with van der Waals surface area (Å²) in [6.45, 7) is 7.05. The summed E-state index contributed by atoms with van der Waals surface area (Å²) in [6, 6.07) is 16.3. The van der Waals surface area contributed by atoms with Crippen LogP contribution in [0.2, 0.25) is 0 Å². The van der Waals surface area contributed by atoms with Gasteiger partial charge < -0.3 is 20.4 Å². The van der Waals surface area contributed by atoms with Gasteiger partial charge in [-0.25, -0.2) is 0 Å². The predicted molar refractivity (Wildman–Crippen MR) is 116 cm³/mol. The first-order chi connectivity index (χ1) is 14.0. The minimum atomic E-state index is -0.601. The third-order valence-corrected chi connectivity index (χ3v) is 5.28. The molecule has 0 saturated carbocycles. The number of carbonyl (C=O) groups is 2. The summed E-state index contributed by atoms with van der Waals surface area (Å²) in [7, 11) is 2.15. The number of nitrogens with one attached hydrogen (secondary N) is 2. The normalized spacial score (nSPS) is 14.5. The molecule has 0 bridgehead atoms.